The summed E-state index contributed by atoms with van der Waals surface area (Å²) in [6, 6.07) is 21.1. The summed E-state index contributed by atoms with van der Waals surface area (Å²) in [6.07, 6.45) is 3.33. The van der Waals surface area contributed by atoms with Crippen LogP contribution in [-0.4, -0.2) is 17.0 Å². The molecule has 0 unspecified atom stereocenters. The molecule has 3 aromatic rings. The summed E-state index contributed by atoms with van der Waals surface area (Å²) < 4.78 is 0. The maximum atomic E-state index is 5.98. The second-order valence-corrected chi connectivity index (χ2v) is 5.51. The van der Waals surface area contributed by atoms with E-state index < -0.39 is 0 Å². The van der Waals surface area contributed by atoms with Gasteiger partial charge in [-0.25, -0.2) is 0 Å². The molecule has 4 nitrogen and oxygen atoms in total. The van der Waals surface area contributed by atoms with E-state index in [0.717, 1.165) is 16.7 Å². The van der Waals surface area contributed by atoms with Gasteiger partial charge in [0.2, 0.25) is 0 Å². The van der Waals surface area contributed by atoms with Gasteiger partial charge in [0.1, 0.15) is 5.69 Å². The lowest BCUT2D eigenvalue weighted by atomic mass is 10.1. The zero-order valence-electron chi connectivity index (χ0n) is 12.8. The molecule has 0 amide bonds. The van der Waals surface area contributed by atoms with E-state index >= 15 is 0 Å². The molecule has 0 saturated heterocycles. The Morgan fingerprint density at radius 2 is 1.71 bits per heavy atom. The van der Waals surface area contributed by atoms with Gasteiger partial charge in [0, 0.05) is 11.2 Å². The Balaban J connectivity index is 1.79. The number of nitrogens with zero attached hydrogens (tertiary/aromatic N) is 3. The van der Waals surface area contributed by atoms with Crippen LogP contribution in [0.15, 0.2) is 83.1 Å². The van der Waals surface area contributed by atoms with Crippen LogP contribution in [0.1, 0.15) is 11.3 Å². The van der Waals surface area contributed by atoms with Crippen LogP contribution >= 0.6 is 11.6 Å². The van der Waals surface area contributed by atoms with Crippen molar-refractivity contribution in [3.63, 3.8) is 0 Å². The molecule has 0 radical (unpaired) electrons. The molecule has 0 atom stereocenters. The molecule has 1 aromatic heterocycles. The van der Waals surface area contributed by atoms with Crippen molar-refractivity contribution in [2.24, 2.45) is 15.9 Å². The van der Waals surface area contributed by atoms with Crippen LogP contribution in [0.25, 0.3) is 11.1 Å². The van der Waals surface area contributed by atoms with Crippen molar-refractivity contribution in [2.45, 2.75) is 0 Å². The predicted octanol–water partition coefficient (Wildman–Crippen LogP) is 4.14. The van der Waals surface area contributed by atoms with Gasteiger partial charge < -0.3 is 5.73 Å². The quantitative estimate of drug-likeness (QED) is 0.442. The van der Waals surface area contributed by atoms with Crippen LogP contribution in [-0.2, 0) is 0 Å². The van der Waals surface area contributed by atoms with Gasteiger partial charge in [-0.15, -0.1) is 5.10 Å². The van der Waals surface area contributed by atoms with E-state index in [1.807, 2.05) is 54.6 Å². The van der Waals surface area contributed by atoms with Crippen molar-refractivity contribution in [3.05, 3.63) is 89.2 Å². The van der Waals surface area contributed by atoms with Gasteiger partial charge in [-0.2, -0.15) is 5.10 Å². The fourth-order valence-electron chi connectivity index (χ4n) is 2.14. The topological polar surface area (TPSA) is 63.6 Å². The maximum absolute atomic E-state index is 5.98. The molecule has 2 N–H and O–H groups in total. The monoisotopic (exact) mass is 334 g/mol. The molecule has 24 heavy (non-hydrogen) atoms. The molecular weight excluding hydrogens is 320 g/mol. The Bertz CT molecular complexity index is 871. The second-order valence-electron chi connectivity index (χ2n) is 5.08. The number of nitrogens with two attached hydrogens (primary N) is 1. The molecule has 0 bridgehead atoms. The highest BCUT2D eigenvalue weighted by molar-refractivity contribution is 6.30. The highest BCUT2D eigenvalue weighted by Gasteiger charge is 2.03. The largest absolute Gasteiger partial charge is 0.380 e. The summed E-state index contributed by atoms with van der Waals surface area (Å²) in [4.78, 5) is 4.25. The molecule has 5 heteroatoms. The third-order valence-corrected chi connectivity index (χ3v) is 3.62. The lowest BCUT2D eigenvalue weighted by Crippen LogP contribution is -2.14. The van der Waals surface area contributed by atoms with Gasteiger partial charge in [-0.05, 0) is 41.0 Å². The van der Waals surface area contributed by atoms with Crippen LogP contribution in [0.2, 0.25) is 5.02 Å². The third kappa shape index (κ3) is 4.06. The third-order valence-electron chi connectivity index (χ3n) is 3.37. The Kier molecular flexibility index (Phi) is 4.99. The summed E-state index contributed by atoms with van der Waals surface area (Å²) >= 11 is 5.84. The number of aromatic nitrogens is 1. The summed E-state index contributed by atoms with van der Waals surface area (Å²) in [5, 5.41) is 8.70. The fraction of sp³-hybridized carbons (Fsp3) is 0. The van der Waals surface area contributed by atoms with Crippen molar-refractivity contribution < 1.29 is 0 Å². The molecule has 0 spiro atoms. The first-order chi connectivity index (χ1) is 11.7. The summed E-state index contributed by atoms with van der Waals surface area (Å²) in [7, 11) is 0. The van der Waals surface area contributed by atoms with Crippen molar-refractivity contribution in [1.29, 1.82) is 0 Å². The average molecular weight is 335 g/mol. The van der Waals surface area contributed by atoms with Gasteiger partial charge in [0.15, 0.2) is 5.84 Å². The van der Waals surface area contributed by atoms with Crippen LogP contribution in [0.5, 0.6) is 0 Å². The van der Waals surface area contributed by atoms with Crippen molar-refractivity contribution in [1.82, 2.24) is 4.98 Å². The van der Waals surface area contributed by atoms with E-state index in [-0.39, 0.29) is 5.84 Å². The van der Waals surface area contributed by atoms with E-state index in [1.54, 1.807) is 24.5 Å². The zero-order valence-corrected chi connectivity index (χ0v) is 13.6. The predicted molar refractivity (Wildman–Crippen MR) is 99.4 cm³/mol. The highest BCUT2D eigenvalue weighted by atomic mass is 35.5. The van der Waals surface area contributed by atoms with E-state index in [1.165, 1.54) is 0 Å². The first kappa shape index (κ1) is 15.9. The van der Waals surface area contributed by atoms with Gasteiger partial charge >= 0.3 is 0 Å². The van der Waals surface area contributed by atoms with Crippen molar-refractivity contribution >= 4 is 23.7 Å². The second kappa shape index (κ2) is 7.53. The SMILES string of the molecule is N/C(=N\N=C\c1ccc(Cl)cc1)c1cc(-c2ccccc2)ccn1. The minimum Gasteiger partial charge on any atom is -0.380 e. The van der Waals surface area contributed by atoms with Gasteiger partial charge in [0.25, 0.3) is 0 Å². The molecule has 0 aliphatic carbocycles. The van der Waals surface area contributed by atoms with Gasteiger partial charge in [-0.3, -0.25) is 4.98 Å². The minimum absolute atomic E-state index is 0.262. The summed E-state index contributed by atoms with van der Waals surface area (Å²) in [6.45, 7) is 0. The number of amidine groups is 1. The first-order valence-electron chi connectivity index (χ1n) is 7.36. The maximum Gasteiger partial charge on any atom is 0.171 e. The Morgan fingerprint density at radius 1 is 0.958 bits per heavy atom. The van der Waals surface area contributed by atoms with Crippen molar-refractivity contribution in [3.8, 4) is 11.1 Å². The Labute approximate surface area is 145 Å². The van der Waals surface area contributed by atoms with Crippen LogP contribution in [0, 0.1) is 0 Å². The molecule has 3 rings (SSSR count). The molecule has 1 heterocycles. The number of rotatable bonds is 4. The lowest BCUT2D eigenvalue weighted by molar-refractivity contribution is 1.20. The van der Waals surface area contributed by atoms with E-state index in [4.69, 9.17) is 17.3 Å². The molecule has 0 saturated carbocycles. The standard InChI is InChI=1S/C19H15ClN4/c20-17-8-6-14(7-9-17)13-23-24-19(21)18-12-16(10-11-22-18)15-4-2-1-3-5-15/h1-13H,(H2,21,24)/b23-13+. The van der Waals surface area contributed by atoms with Crippen LogP contribution in [0.4, 0.5) is 0 Å². The van der Waals surface area contributed by atoms with E-state index in [9.17, 15) is 0 Å². The number of halogens is 1. The summed E-state index contributed by atoms with van der Waals surface area (Å²) in [5.74, 6) is 0.262. The number of pyridine rings is 1. The van der Waals surface area contributed by atoms with E-state index in [0.29, 0.717) is 10.7 Å². The van der Waals surface area contributed by atoms with Gasteiger partial charge in [-0.1, -0.05) is 54.1 Å². The molecular formula is C19H15ClN4. The Morgan fingerprint density at radius 3 is 2.46 bits per heavy atom. The van der Waals surface area contributed by atoms with Crippen molar-refractivity contribution in [2.75, 3.05) is 0 Å². The number of hydrogen-bond acceptors (Lipinski definition) is 3. The van der Waals surface area contributed by atoms with Crippen LogP contribution in [0.3, 0.4) is 0 Å². The molecule has 0 aliphatic rings. The highest BCUT2D eigenvalue weighted by Crippen LogP contribution is 2.18. The first-order valence-corrected chi connectivity index (χ1v) is 7.74. The average Bonchev–Trinajstić information content (AvgIpc) is 2.64. The molecule has 2 aromatic carbocycles. The summed E-state index contributed by atoms with van der Waals surface area (Å²) in [5.41, 5.74) is 9.59. The number of hydrogen-bond donors (Lipinski definition) is 1. The lowest BCUT2D eigenvalue weighted by Gasteiger charge is -2.03. The fourth-order valence-corrected chi connectivity index (χ4v) is 2.26. The molecule has 0 fully saturated rings. The minimum atomic E-state index is 0.262. The Hall–Kier alpha value is -2.98. The normalized spacial score (nSPS) is 11.8. The van der Waals surface area contributed by atoms with E-state index in [2.05, 4.69) is 15.2 Å². The number of benzene rings is 2. The molecule has 0 aliphatic heterocycles. The van der Waals surface area contributed by atoms with Crippen LogP contribution < -0.4 is 5.73 Å². The molecule has 118 valence electrons. The van der Waals surface area contributed by atoms with Gasteiger partial charge in [0.05, 0.1) is 6.21 Å². The smallest absolute Gasteiger partial charge is 0.171 e. The zero-order chi connectivity index (χ0) is 16.8.